The van der Waals surface area contributed by atoms with Gasteiger partial charge in [-0.15, -0.1) is 12.4 Å². The quantitative estimate of drug-likeness (QED) is 0.674. The summed E-state index contributed by atoms with van der Waals surface area (Å²) in [6, 6.07) is 4.51. The maximum absolute atomic E-state index is 12.4. The third-order valence-electron chi connectivity index (χ3n) is 3.28. The second-order valence-corrected chi connectivity index (χ2v) is 4.75. The standard InChI is InChI=1S/C13H17N3O4.ClH/c1-9-8-15(6-5-14-9)13(17)10-3-4-12(20-2)11(7-10)16(18)19;/h3-4,7,9,14H,5-6,8H2,1-2H3;1H/t9-;/m1./s1. The van der Waals surface area contributed by atoms with E-state index < -0.39 is 4.92 Å². The van der Waals surface area contributed by atoms with Gasteiger partial charge in [-0.25, -0.2) is 0 Å². The van der Waals surface area contributed by atoms with Crippen molar-refractivity contribution >= 4 is 24.0 Å². The number of carbonyl (C=O) groups is 1. The zero-order chi connectivity index (χ0) is 14.7. The Kier molecular flexibility index (Phi) is 5.92. The largest absolute Gasteiger partial charge is 0.490 e. The third kappa shape index (κ3) is 3.83. The molecule has 1 saturated heterocycles. The van der Waals surface area contributed by atoms with Gasteiger partial charge in [0.05, 0.1) is 12.0 Å². The molecule has 116 valence electrons. The minimum absolute atomic E-state index is 0. The van der Waals surface area contributed by atoms with Crippen molar-refractivity contribution in [1.29, 1.82) is 0 Å². The minimum atomic E-state index is -0.546. The highest BCUT2D eigenvalue weighted by atomic mass is 35.5. The smallest absolute Gasteiger partial charge is 0.311 e. The summed E-state index contributed by atoms with van der Waals surface area (Å²) in [5.41, 5.74) is 0.119. The van der Waals surface area contributed by atoms with E-state index in [1.807, 2.05) is 6.92 Å². The van der Waals surface area contributed by atoms with E-state index >= 15 is 0 Å². The molecule has 7 nitrogen and oxygen atoms in total. The van der Waals surface area contributed by atoms with Crippen molar-refractivity contribution in [3.8, 4) is 5.75 Å². The maximum Gasteiger partial charge on any atom is 0.311 e. The molecule has 0 unspecified atom stereocenters. The van der Waals surface area contributed by atoms with Crippen molar-refractivity contribution in [2.75, 3.05) is 26.7 Å². The molecule has 1 aliphatic heterocycles. The summed E-state index contributed by atoms with van der Waals surface area (Å²) in [6.45, 7) is 3.92. The van der Waals surface area contributed by atoms with Crippen LogP contribution in [-0.4, -0.2) is 48.5 Å². The lowest BCUT2D eigenvalue weighted by molar-refractivity contribution is -0.385. The van der Waals surface area contributed by atoms with Crippen molar-refractivity contribution in [1.82, 2.24) is 10.2 Å². The van der Waals surface area contributed by atoms with Gasteiger partial charge in [0.25, 0.3) is 5.91 Å². The molecule has 0 aliphatic carbocycles. The molecule has 1 N–H and O–H groups in total. The Bertz CT molecular complexity index is 538. The van der Waals surface area contributed by atoms with Crippen molar-refractivity contribution in [2.45, 2.75) is 13.0 Å². The number of benzene rings is 1. The first-order chi connectivity index (χ1) is 9.52. The van der Waals surface area contributed by atoms with E-state index in [1.165, 1.54) is 19.2 Å². The lowest BCUT2D eigenvalue weighted by Gasteiger charge is -2.31. The molecule has 1 aromatic rings. The average Bonchev–Trinajstić information content (AvgIpc) is 2.45. The molecule has 0 spiro atoms. The lowest BCUT2D eigenvalue weighted by Crippen LogP contribution is -2.51. The fourth-order valence-electron chi connectivity index (χ4n) is 2.27. The fourth-order valence-corrected chi connectivity index (χ4v) is 2.27. The minimum Gasteiger partial charge on any atom is -0.490 e. The lowest BCUT2D eigenvalue weighted by atomic mass is 10.1. The highest BCUT2D eigenvalue weighted by Crippen LogP contribution is 2.28. The van der Waals surface area contributed by atoms with Crippen LogP contribution in [0.5, 0.6) is 5.75 Å². The first kappa shape index (κ1) is 17.2. The van der Waals surface area contributed by atoms with Crippen LogP contribution in [0.25, 0.3) is 0 Å². The van der Waals surface area contributed by atoms with E-state index in [4.69, 9.17) is 4.74 Å². The third-order valence-corrected chi connectivity index (χ3v) is 3.28. The molecule has 1 heterocycles. The van der Waals surface area contributed by atoms with E-state index in [9.17, 15) is 14.9 Å². The summed E-state index contributed by atoms with van der Waals surface area (Å²) in [4.78, 5) is 24.5. The van der Waals surface area contributed by atoms with Gasteiger partial charge < -0.3 is 15.0 Å². The monoisotopic (exact) mass is 315 g/mol. The molecule has 21 heavy (non-hydrogen) atoms. The van der Waals surface area contributed by atoms with Gasteiger partial charge in [-0.2, -0.15) is 0 Å². The number of hydrogen-bond donors (Lipinski definition) is 1. The number of rotatable bonds is 3. The van der Waals surface area contributed by atoms with Gasteiger partial charge in [0.15, 0.2) is 5.75 Å². The molecule has 0 bridgehead atoms. The summed E-state index contributed by atoms with van der Waals surface area (Å²) in [7, 11) is 1.36. The zero-order valence-electron chi connectivity index (χ0n) is 11.9. The Morgan fingerprint density at radius 2 is 2.24 bits per heavy atom. The summed E-state index contributed by atoms with van der Waals surface area (Å²) >= 11 is 0. The van der Waals surface area contributed by atoms with Crippen LogP contribution in [0.2, 0.25) is 0 Å². The van der Waals surface area contributed by atoms with E-state index in [0.717, 1.165) is 6.54 Å². The number of hydrogen-bond acceptors (Lipinski definition) is 5. The van der Waals surface area contributed by atoms with Crippen LogP contribution in [0.15, 0.2) is 18.2 Å². The Labute approximate surface area is 128 Å². The number of carbonyl (C=O) groups excluding carboxylic acids is 1. The van der Waals surface area contributed by atoms with Crippen LogP contribution < -0.4 is 10.1 Å². The molecule has 1 atom stereocenters. The molecule has 0 saturated carbocycles. The molecule has 1 fully saturated rings. The molecule has 0 radical (unpaired) electrons. The van der Waals surface area contributed by atoms with Gasteiger partial charge in [0.1, 0.15) is 0 Å². The molecule has 8 heteroatoms. The average molecular weight is 316 g/mol. The number of nitro groups is 1. The Hall–Kier alpha value is -1.86. The summed E-state index contributed by atoms with van der Waals surface area (Å²) in [5, 5.41) is 14.2. The predicted octanol–water partition coefficient (Wildman–Crippen LogP) is 1.46. The second kappa shape index (κ2) is 7.24. The Balaban J connectivity index is 0.00000220. The van der Waals surface area contributed by atoms with Gasteiger partial charge in [0.2, 0.25) is 0 Å². The van der Waals surface area contributed by atoms with Gasteiger partial charge in [-0.3, -0.25) is 14.9 Å². The molecular formula is C13H18ClN3O4. The van der Waals surface area contributed by atoms with Crippen LogP contribution in [0.3, 0.4) is 0 Å². The molecule has 0 aromatic heterocycles. The van der Waals surface area contributed by atoms with Crippen molar-refractivity contribution in [2.24, 2.45) is 0 Å². The highest BCUT2D eigenvalue weighted by Gasteiger charge is 2.24. The highest BCUT2D eigenvalue weighted by molar-refractivity contribution is 5.95. The second-order valence-electron chi connectivity index (χ2n) is 4.75. The van der Waals surface area contributed by atoms with Crippen molar-refractivity contribution < 1.29 is 14.5 Å². The summed E-state index contributed by atoms with van der Waals surface area (Å²) in [6.07, 6.45) is 0. The molecule has 1 aromatic carbocycles. The maximum atomic E-state index is 12.4. The van der Waals surface area contributed by atoms with Crippen molar-refractivity contribution in [3.63, 3.8) is 0 Å². The van der Waals surface area contributed by atoms with E-state index in [0.29, 0.717) is 18.7 Å². The number of halogens is 1. The molecular weight excluding hydrogens is 298 g/mol. The predicted molar refractivity (Wildman–Crippen MR) is 80.3 cm³/mol. The topological polar surface area (TPSA) is 84.7 Å². The van der Waals surface area contributed by atoms with Crippen LogP contribution >= 0.6 is 12.4 Å². The fraction of sp³-hybridized carbons (Fsp3) is 0.462. The van der Waals surface area contributed by atoms with Crippen LogP contribution in [-0.2, 0) is 0 Å². The van der Waals surface area contributed by atoms with E-state index in [2.05, 4.69) is 5.32 Å². The van der Waals surface area contributed by atoms with Gasteiger partial charge in [0, 0.05) is 37.3 Å². The number of nitrogens with zero attached hydrogens (tertiary/aromatic N) is 2. The molecule has 1 aliphatic rings. The van der Waals surface area contributed by atoms with Crippen molar-refractivity contribution in [3.05, 3.63) is 33.9 Å². The number of methoxy groups -OCH3 is 1. The van der Waals surface area contributed by atoms with Crippen LogP contribution in [0.4, 0.5) is 5.69 Å². The number of nitrogens with one attached hydrogen (secondary N) is 1. The van der Waals surface area contributed by atoms with Gasteiger partial charge in [-0.05, 0) is 19.1 Å². The normalized spacial score (nSPS) is 17.8. The zero-order valence-corrected chi connectivity index (χ0v) is 12.7. The summed E-state index contributed by atoms with van der Waals surface area (Å²) < 4.78 is 4.93. The van der Waals surface area contributed by atoms with Crippen LogP contribution in [0.1, 0.15) is 17.3 Å². The van der Waals surface area contributed by atoms with Gasteiger partial charge in [-0.1, -0.05) is 0 Å². The number of piperazine rings is 1. The van der Waals surface area contributed by atoms with Gasteiger partial charge >= 0.3 is 5.69 Å². The van der Waals surface area contributed by atoms with E-state index in [1.54, 1.807) is 11.0 Å². The SMILES string of the molecule is COc1ccc(C(=O)N2CCN[C@H](C)C2)cc1[N+](=O)[O-].Cl. The molecule has 1 amide bonds. The van der Waals surface area contributed by atoms with E-state index in [-0.39, 0.29) is 35.8 Å². The summed E-state index contributed by atoms with van der Waals surface area (Å²) in [5.74, 6) is -0.0377. The first-order valence-corrected chi connectivity index (χ1v) is 6.38. The molecule has 2 rings (SSSR count). The first-order valence-electron chi connectivity index (χ1n) is 6.38. The Morgan fingerprint density at radius 3 is 2.81 bits per heavy atom. The van der Waals surface area contributed by atoms with Crippen LogP contribution in [0, 0.1) is 10.1 Å². The Morgan fingerprint density at radius 1 is 1.52 bits per heavy atom. The number of nitro benzene ring substituents is 1. The number of ether oxygens (including phenoxy) is 1. The number of amides is 1.